The Balaban J connectivity index is 1.70. The van der Waals surface area contributed by atoms with E-state index in [4.69, 9.17) is 0 Å². The van der Waals surface area contributed by atoms with Crippen LogP contribution in [0.1, 0.15) is 78.6 Å². The molecule has 0 aliphatic heterocycles. The highest BCUT2D eigenvalue weighted by molar-refractivity contribution is 5.28. The summed E-state index contributed by atoms with van der Waals surface area (Å²) in [5.74, 6) is 2.94. The van der Waals surface area contributed by atoms with Crippen LogP contribution in [0, 0.1) is 28.6 Å². The number of rotatable bonds is 0. The number of hydrogen-bond donors (Lipinski definition) is 0. The summed E-state index contributed by atoms with van der Waals surface area (Å²) in [5, 5.41) is 0. The minimum Gasteiger partial charge on any atom is -0.0879 e. The lowest BCUT2D eigenvalue weighted by Crippen LogP contribution is -2.48. The van der Waals surface area contributed by atoms with Crippen molar-refractivity contribution in [2.75, 3.05) is 0 Å². The van der Waals surface area contributed by atoms with Gasteiger partial charge < -0.3 is 0 Å². The molecule has 0 nitrogen and oxygen atoms in total. The second-order valence-electron chi connectivity index (χ2n) is 8.78. The largest absolute Gasteiger partial charge is 0.0879 e. The van der Waals surface area contributed by atoms with Gasteiger partial charge in [0.1, 0.15) is 0 Å². The SMILES string of the molecule is C/C=C1\CCC2C3CC=C4CCCCC4(C)C3CCC12C. The van der Waals surface area contributed by atoms with Crippen LogP contribution in [0.15, 0.2) is 23.3 Å². The molecule has 4 rings (SSSR count). The molecule has 4 aliphatic rings. The quantitative estimate of drug-likeness (QED) is 0.459. The smallest absolute Gasteiger partial charge is 0.00852 e. The molecule has 5 atom stereocenters. The van der Waals surface area contributed by atoms with Crippen LogP contribution >= 0.6 is 0 Å². The molecule has 0 spiro atoms. The van der Waals surface area contributed by atoms with Crippen LogP contribution < -0.4 is 0 Å². The van der Waals surface area contributed by atoms with E-state index in [2.05, 4.69) is 32.9 Å². The third-order valence-electron chi connectivity index (χ3n) is 8.21. The van der Waals surface area contributed by atoms with Gasteiger partial charge in [-0.05, 0) is 86.9 Å². The Morgan fingerprint density at radius 1 is 1.00 bits per heavy atom. The van der Waals surface area contributed by atoms with E-state index in [1.54, 1.807) is 5.57 Å². The van der Waals surface area contributed by atoms with Gasteiger partial charge in [0.25, 0.3) is 0 Å². The first-order chi connectivity index (χ1) is 10.1. The lowest BCUT2D eigenvalue weighted by Gasteiger charge is -2.57. The molecule has 0 heteroatoms. The molecule has 0 bridgehead atoms. The summed E-state index contributed by atoms with van der Waals surface area (Å²) in [6, 6.07) is 0. The Labute approximate surface area is 131 Å². The first kappa shape index (κ1) is 14.1. The lowest BCUT2D eigenvalue weighted by molar-refractivity contribution is -0.0136. The summed E-state index contributed by atoms with van der Waals surface area (Å²) in [4.78, 5) is 0. The fourth-order valence-electron chi connectivity index (χ4n) is 7.02. The molecule has 4 aliphatic carbocycles. The molecule has 0 saturated heterocycles. The molecule has 3 saturated carbocycles. The van der Waals surface area contributed by atoms with Gasteiger partial charge in [-0.3, -0.25) is 0 Å². The van der Waals surface area contributed by atoms with E-state index in [-0.39, 0.29) is 0 Å². The Bertz CT molecular complexity index is 496. The minimum atomic E-state index is 0.548. The standard InChI is InChI=1S/C21H32/c1-4-15-9-11-18-17-10-8-16-7-5-6-13-20(16,2)19(17)12-14-21(15,18)3/h4,8,17-19H,5-7,9-14H2,1-3H3/b15-4+. The molecule has 5 unspecified atom stereocenters. The normalized spacial score (nSPS) is 51.1. The molecule has 0 aromatic heterocycles. The topological polar surface area (TPSA) is 0 Å². The monoisotopic (exact) mass is 284 g/mol. The lowest BCUT2D eigenvalue weighted by atomic mass is 9.48. The molecule has 0 aromatic carbocycles. The van der Waals surface area contributed by atoms with E-state index in [0.717, 1.165) is 17.8 Å². The van der Waals surface area contributed by atoms with Crippen LogP contribution in [0.4, 0.5) is 0 Å². The second-order valence-corrected chi connectivity index (χ2v) is 8.78. The predicted molar refractivity (Wildman–Crippen MR) is 90.1 cm³/mol. The average molecular weight is 284 g/mol. The van der Waals surface area contributed by atoms with Gasteiger partial charge in [0, 0.05) is 0 Å². The highest BCUT2D eigenvalue weighted by atomic mass is 14.6. The third-order valence-corrected chi connectivity index (χ3v) is 8.21. The first-order valence-electron chi connectivity index (χ1n) is 9.45. The zero-order valence-corrected chi connectivity index (χ0v) is 14.3. The Morgan fingerprint density at radius 3 is 2.62 bits per heavy atom. The summed E-state index contributed by atoms with van der Waals surface area (Å²) in [6.07, 6.45) is 18.1. The highest BCUT2D eigenvalue weighted by Gasteiger charge is 2.56. The molecule has 0 N–H and O–H groups in total. The van der Waals surface area contributed by atoms with E-state index in [0.29, 0.717) is 10.8 Å². The van der Waals surface area contributed by atoms with Crippen LogP contribution in [0.25, 0.3) is 0 Å². The third kappa shape index (κ3) is 1.80. The van der Waals surface area contributed by atoms with E-state index in [1.165, 1.54) is 57.8 Å². The van der Waals surface area contributed by atoms with Crippen molar-refractivity contribution in [2.45, 2.75) is 78.6 Å². The molecule has 21 heavy (non-hydrogen) atoms. The van der Waals surface area contributed by atoms with Gasteiger partial charge in [-0.1, -0.05) is 43.6 Å². The minimum absolute atomic E-state index is 0.548. The zero-order valence-electron chi connectivity index (χ0n) is 14.3. The van der Waals surface area contributed by atoms with Crippen molar-refractivity contribution in [1.82, 2.24) is 0 Å². The van der Waals surface area contributed by atoms with Crippen molar-refractivity contribution < 1.29 is 0 Å². The van der Waals surface area contributed by atoms with Gasteiger partial charge in [-0.15, -0.1) is 0 Å². The molecule has 0 amide bonds. The Hall–Kier alpha value is -0.520. The van der Waals surface area contributed by atoms with E-state index in [9.17, 15) is 0 Å². The highest BCUT2D eigenvalue weighted by Crippen LogP contribution is 2.65. The Morgan fingerprint density at radius 2 is 1.81 bits per heavy atom. The maximum atomic E-state index is 2.69. The van der Waals surface area contributed by atoms with E-state index < -0.39 is 0 Å². The first-order valence-corrected chi connectivity index (χ1v) is 9.45. The summed E-state index contributed by atoms with van der Waals surface area (Å²) >= 11 is 0. The van der Waals surface area contributed by atoms with Gasteiger partial charge in [0.2, 0.25) is 0 Å². The van der Waals surface area contributed by atoms with Crippen molar-refractivity contribution in [3.05, 3.63) is 23.3 Å². The van der Waals surface area contributed by atoms with Gasteiger partial charge in [0.05, 0.1) is 0 Å². The van der Waals surface area contributed by atoms with Crippen LogP contribution in [0.3, 0.4) is 0 Å². The van der Waals surface area contributed by atoms with Crippen molar-refractivity contribution >= 4 is 0 Å². The molecular weight excluding hydrogens is 252 g/mol. The van der Waals surface area contributed by atoms with Crippen LogP contribution in [0.2, 0.25) is 0 Å². The van der Waals surface area contributed by atoms with Gasteiger partial charge in [-0.2, -0.15) is 0 Å². The molecular formula is C21H32. The summed E-state index contributed by atoms with van der Waals surface area (Å²) in [5.41, 5.74) is 4.75. The van der Waals surface area contributed by atoms with Crippen LogP contribution in [-0.2, 0) is 0 Å². The fraction of sp³-hybridized carbons (Fsp3) is 0.810. The average Bonchev–Trinajstić information content (AvgIpc) is 2.83. The number of fused-ring (bicyclic) bond motifs is 5. The van der Waals surface area contributed by atoms with Crippen molar-refractivity contribution in [2.24, 2.45) is 28.6 Å². The second kappa shape index (κ2) is 4.74. The molecule has 116 valence electrons. The Kier molecular flexibility index (Phi) is 3.18. The van der Waals surface area contributed by atoms with Gasteiger partial charge >= 0.3 is 0 Å². The molecule has 0 aromatic rings. The van der Waals surface area contributed by atoms with Gasteiger partial charge in [-0.25, -0.2) is 0 Å². The fourth-order valence-corrected chi connectivity index (χ4v) is 7.02. The zero-order chi connectivity index (χ0) is 14.7. The molecule has 3 fully saturated rings. The van der Waals surface area contributed by atoms with E-state index >= 15 is 0 Å². The number of hydrogen-bond acceptors (Lipinski definition) is 0. The maximum Gasteiger partial charge on any atom is -0.00852 e. The van der Waals surface area contributed by atoms with E-state index in [1.807, 2.05) is 5.57 Å². The van der Waals surface area contributed by atoms with Crippen LogP contribution in [0.5, 0.6) is 0 Å². The van der Waals surface area contributed by atoms with Gasteiger partial charge in [0.15, 0.2) is 0 Å². The molecule has 0 heterocycles. The summed E-state index contributed by atoms with van der Waals surface area (Å²) in [7, 11) is 0. The van der Waals surface area contributed by atoms with Crippen LogP contribution in [-0.4, -0.2) is 0 Å². The summed E-state index contributed by atoms with van der Waals surface area (Å²) in [6.45, 7) is 7.50. The molecule has 0 radical (unpaired) electrons. The maximum absolute atomic E-state index is 2.69. The predicted octanol–water partition coefficient (Wildman–Crippen LogP) is 6.29. The number of allylic oxidation sites excluding steroid dienone is 4. The summed E-state index contributed by atoms with van der Waals surface area (Å²) < 4.78 is 0. The van der Waals surface area contributed by atoms with Crippen molar-refractivity contribution in [1.29, 1.82) is 0 Å². The van der Waals surface area contributed by atoms with Crippen molar-refractivity contribution in [3.63, 3.8) is 0 Å². The van der Waals surface area contributed by atoms with Crippen molar-refractivity contribution in [3.8, 4) is 0 Å².